The van der Waals surface area contributed by atoms with Crippen molar-refractivity contribution in [2.45, 2.75) is 19.4 Å². The van der Waals surface area contributed by atoms with Gasteiger partial charge >= 0.3 is 0 Å². The molecule has 2 aromatic rings. The van der Waals surface area contributed by atoms with Crippen molar-refractivity contribution in [3.05, 3.63) is 57.4 Å². The van der Waals surface area contributed by atoms with Crippen molar-refractivity contribution >= 4 is 33.4 Å². The molecule has 1 atom stereocenters. The molecule has 1 N–H and O–H groups in total. The molecule has 1 aromatic heterocycles. The van der Waals surface area contributed by atoms with Gasteiger partial charge in [0.15, 0.2) is 0 Å². The standard InChI is InChI=1S/C14H13BrClNO2/c1-9(6-10-4-5-19-8-10)17-14(18)12-7-11(15)2-3-13(12)16/h2-5,7-9H,6H2,1H3,(H,17,18). The van der Waals surface area contributed by atoms with Crippen molar-refractivity contribution in [1.29, 1.82) is 0 Å². The predicted molar refractivity (Wildman–Crippen MR) is 78.5 cm³/mol. The smallest absolute Gasteiger partial charge is 0.253 e. The summed E-state index contributed by atoms with van der Waals surface area (Å²) in [6.07, 6.45) is 4.01. The second-order valence-corrected chi connectivity index (χ2v) is 5.66. The normalized spacial score (nSPS) is 12.2. The second-order valence-electron chi connectivity index (χ2n) is 4.33. The molecule has 0 saturated carbocycles. The van der Waals surface area contributed by atoms with Crippen LogP contribution in [-0.2, 0) is 6.42 Å². The van der Waals surface area contributed by atoms with Gasteiger partial charge in [-0.2, -0.15) is 0 Å². The Bertz CT molecular complexity index is 569. The van der Waals surface area contributed by atoms with Crippen LogP contribution in [0.2, 0.25) is 5.02 Å². The van der Waals surface area contributed by atoms with Crippen molar-refractivity contribution in [1.82, 2.24) is 5.32 Å². The molecule has 0 aliphatic rings. The van der Waals surface area contributed by atoms with E-state index in [4.69, 9.17) is 16.0 Å². The summed E-state index contributed by atoms with van der Waals surface area (Å²) >= 11 is 9.35. The van der Waals surface area contributed by atoms with Crippen LogP contribution in [-0.4, -0.2) is 11.9 Å². The van der Waals surface area contributed by atoms with Crippen LogP contribution in [0.5, 0.6) is 0 Å². The number of furan rings is 1. The van der Waals surface area contributed by atoms with E-state index >= 15 is 0 Å². The summed E-state index contributed by atoms with van der Waals surface area (Å²) < 4.78 is 5.82. The Morgan fingerprint density at radius 1 is 1.47 bits per heavy atom. The van der Waals surface area contributed by atoms with Crippen LogP contribution in [0.15, 0.2) is 45.7 Å². The maximum Gasteiger partial charge on any atom is 0.253 e. The zero-order chi connectivity index (χ0) is 13.8. The summed E-state index contributed by atoms with van der Waals surface area (Å²) in [6.45, 7) is 1.94. The van der Waals surface area contributed by atoms with Crippen LogP contribution in [0.1, 0.15) is 22.8 Å². The summed E-state index contributed by atoms with van der Waals surface area (Å²) in [5.74, 6) is -0.178. The highest BCUT2D eigenvalue weighted by Gasteiger charge is 2.14. The van der Waals surface area contributed by atoms with Gasteiger partial charge in [0, 0.05) is 10.5 Å². The van der Waals surface area contributed by atoms with Crippen LogP contribution in [0.25, 0.3) is 0 Å². The minimum atomic E-state index is -0.178. The number of benzene rings is 1. The molecule has 3 nitrogen and oxygen atoms in total. The monoisotopic (exact) mass is 341 g/mol. The zero-order valence-electron chi connectivity index (χ0n) is 10.3. The lowest BCUT2D eigenvalue weighted by Gasteiger charge is -2.13. The lowest BCUT2D eigenvalue weighted by molar-refractivity contribution is 0.0940. The Kier molecular flexibility index (Phi) is 4.66. The third-order valence-electron chi connectivity index (χ3n) is 2.67. The molecular weight excluding hydrogens is 330 g/mol. The van der Waals surface area contributed by atoms with Gasteiger partial charge in [-0.05, 0) is 43.2 Å². The topological polar surface area (TPSA) is 42.2 Å². The van der Waals surface area contributed by atoms with Crippen molar-refractivity contribution < 1.29 is 9.21 Å². The fourth-order valence-electron chi connectivity index (χ4n) is 1.79. The molecule has 0 aliphatic carbocycles. The number of carbonyl (C=O) groups is 1. The predicted octanol–water partition coefficient (Wildman–Crippen LogP) is 4.06. The van der Waals surface area contributed by atoms with Crippen LogP contribution in [0.4, 0.5) is 0 Å². The average Bonchev–Trinajstić information content (AvgIpc) is 2.84. The van der Waals surface area contributed by atoms with Gasteiger partial charge in [-0.25, -0.2) is 0 Å². The van der Waals surface area contributed by atoms with Crippen LogP contribution in [0, 0.1) is 0 Å². The minimum absolute atomic E-state index is 0.000137. The summed E-state index contributed by atoms with van der Waals surface area (Å²) in [5.41, 5.74) is 1.52. The first-order valence-electron chi connectivity index (χ1n) is 5.83. The number of carbonyl (C=O) groups excluding carboxylic acids is 1. The molecule has 0 fully saturated rings. The number of rotatable bonds is 4. The maximum atomic E-state index is 12.1. The van der Waals surface area contributed by atoms with Crippen LogP contribution < -0.4 is 5.32 Å². The molecule has 0 aliphatic heterocycles. The molecule has 0 radical (unpaired) electrons. The van der Waals surface area contributed by atoms with E-state index < -0.39 is 0 Å². The van der Waals surface area contributed by atoms with E-state index in [1.807, 2.05) is 13.0 Å². The Morgan fingerprint density at radius 2 is 2.26 bits per heavy atom. The zero-order valence-corrected chi connectivity index (χ0v) is 12.7. The molecular formula is C14H13BrClNO2. The minimum Gasteiger partial charge on any atom is -0.472 e. The quantitative estimate of drug-likeness (QED) is 0.910. The Morgan fingerprint density at radius 3 is 2.95 bits per heavy atom. The summed E-state index contributed by atoms with van der Waals surface area (Å²) in [5, 5.41) is 3.36. The highest BCUT2D eigenvalue weighted by atomic mass is 79.9. The number of hydrogen-bond acceptors (Lipinski definition) is 2. The first-order valence-corrected chi connectivity index (χ1v) is 7.00. The van der Waals surface area contributed by atoms with Gasteiger partial charge in [0.2, 0.25) is 0 Å². The summed E-state index contributed by atoms with van der Waals surface area (Å²) in [6, 6.07) is 7.09. The van der Waals surface area contributed by atoms with Crippen molar-refractivity contribution in [3.63, 3.8) is 0 Å². The molecule has 1 unspecified atom stereocenters. The number of nitrogens with one attached hydrogen (secondary N) is 1. The fraction of sp³-hybridized carbons (Fsp3) is 0.214. The van der Waals surface area contributed by atoms with Gasteiger partial charge in [-0.3, -0.25) is 4.79 Å². The molecule has 1 heterocycles. The van der Waals surface area contributed by atoms with E-state index in [0.717, 1.165) is 10.0 Å². The second kappa shape index (κ2) is 6.26. The summed E-state index contributed by atoms with van der Waals surface area (Å²) in [4.78, 5) is 12.1. The van der Waals surface area contributed by atoms with Gasteiger partial charge in [0.1, 0.15) is 0 Å². The van der Waals surface area contributed by atoms with Gasteiger partial charge in [-0.1, -0.05) is 27.5 Å². The molecule has 1 aromatic carbocycles. The Hall–Kier alpha value is -1.26. The van der Waals surface area contributed by atoms with Gasteiger partial charge in [0.05, 0.1) is 23.1 Å². The van der Waals surface area contributed by atoms with E-state index in [-0.39, 0.29) is 11.9 Å². The Labute approximate surface area is 125 Å². The molecule has 100 valence electrons. The lowest BCUT2D eigenvalue weighted by atomic mass is 10.1. The highest BCUT2D eigenvalue weighted by molar-refractivity contribution is 9.10. The fourth-order valence-corrected chi connectivity index (χ4v) is 2.35. The lowest BCUT2D eigenvalue weighted by Crippen LogP contribution is -2.34. The SMILES string of the molecule is CC(Cc1ccoc1)NC(=O)c1cc(Br)ccc1Cl. The molecule has 2 rings (SSSR count). The third-order valence-corrected chi connectivity index (χ3v) is 3.50. The number of halogens is 2. The van der Waals surface area contributed by atoms with Crippen molar-refractivity contribution in [2.75, 3.05) is 0 Å². The third kappa shape index (κ3) is 3.85. The summed E-state index contributed by atoms with van der Waals surface area (Å²) in [7, 11) is 0. The van der Waals surface area contributed by atoms with Gasteiger partial charge in [0.25, 0.3) is 5.91 Å². The van der Waals surface area contributed by atoms with Crippen molar-refractivity contribution in [2.24, 2.45) is 0 Å². The molecule has 5 heteroatoms. The molecule has 0 saturated heterocycles. The van der Waals surface area contributed by atoms with Gasteiger partial charge < -0.3 is 9.73 Å². The van der Waals surface area contributed by atoms with E-state index in [1.54, 1.807) is 30.7 Å². The largest absolute Gasteiger partial charge is 0.472 e. The Balaban J connectivity index is 2.02. The number of amides is 1. The van der Waals surface area contributed by atoms with E-state index in [2.05, 4.69) is 21.2 Å². The van der Waals surface area contributed by atoms with Crippen molar-refractivity contribution in [3.8, 4) is 0 Å². The van der Waals surface area contributed by atoms with Crippen LogP contribution in [0.3, 0.4) is 0 Å². The highest BCUT2D eigenvalue weighted by Crippen LogP contribution is 2.21. The van der Waals surface area contributed by atoms with E-state index in [1.165, 1.54) is 0 Å². The first-order chi connectivity index (χ1) is 9.06. The molecule has 1 amide bonds. The molecule has 19 heavy (non-hydrogen) atoms. The van der Waals surface area contributed by atoms with E-state index in [9.17, 15) is 4.79 Å². The van der Waals surface area contributed by atoms with E-state index in [0.29, 0.717) is 17.0 Å². The molecule has 0 bridgehead atoms. The first kappa shape index (κ1) is 14.2. The molecule has 0 spiro atoms. The number of hydrogen-bond donors (Lipinski definition) is 1. The maximum absolute atomic E-state index is 12.1. The van der Waals surface area contributed by atoms with Gasteiger partial charge in [-0.15, -0.1) is 0 Å². The van der Waals surface area contributed by atoms with Crippen LogP contribution >= 0.6 is 27.5 Å². The average molecular weight is 343 g/mol.